The van der Waals surface area contributed by atoms with Gasteiger partial charge in [-0.3, -0.25) is 9.69 Å². The lowest BCUT2D eigenvalue weighted by Crippen LogP contribution is -2.42. The molecule has 23 heavy (non-hydrogen) atoms. The number of carbonyl (C=O) groups excluding carboxylic acids is 3. The molecule has 0 aliphatic carbocycles. The highest BCUT2D eigenvalue weighted by atomic mass is 79.9. The smallest absolute Gasteiger partial charge is 0.344 e. The maximum atomic E-state index is 12.0. The van der Waals surface area contributed by atoms with Crippen LogP contribution in [0.3, 0.4) is 0 Å². The van der Waals surface area contributed by atoms with E-state index in [4.69, 9.17) is 9.47 Å². The Labute approximate surface area is 142 Å². The zero-order valence-corrected chi connectivity index (χ0v) is 14.4. The minimum atomic E-state index is -1.04. The molecule has 1 aliphatic rings. The van der Waals surface area contributed by atoms with Crippen LogP contribution in [0.25, 0.3) is 0 Å². The monoisotopic (exact) mass is 384 g/mol. The fourth-order valence-corrected chi connectivity index (χ4v) is 2.65. The van der Waals surface area contributed by atoms with Crippen LogP contribution in [0.1, 0.15) is 12.5 Å². The van der Waals surface area contributed by atoms with Gasteiger partial charge in [0.15, 0.2) is 12.7 Å². The van der Waals surface area contributed by atoms with Gasteiger partial charge in [0, 0.05) is 13.1 Å². The van der Waals surface area contributed by atoms with Crippen molar-refractivity contribution in [2.45, 2.75) is 20.0 Å². The van der Waals surface area contributed by atoms with Crippen LogP contribution in [-0.4, -0.2) is 48.6 Å². The average Bonchev–Trinajstić information content (AvgIpc) is 2.91. The molecular weight excluding hydrogens is 368 g/mol. The lowest BCUT2D eigenvalue weighted by molar-refractivity contribution is -0.159. The molecular formula is C15H17BrN2O5. The Bertz CT molecular complexity index is 634. The molecule has 1 saturated heterocycles. The first-order valence-corrected chi connectivity index (χ1v) is 7.85. The number of imide groups is 1. The van der Waals surface area contributed by atoms with Crippen LogP contribution in [0.2, 0.25) is 0 Å². The van der Waals surface area contributed by atoms with Gasteiger partial charge >= 0.3 is 12.0 Å². The van der Waals surface area contributed by atoms with Gasteiger partial charge in [-0.1, -0.05) is 6.07 Å². The number of halogens is 1. The van der Waals surface area contributed by atoms with Crippen LogP contribution in [-0.2, 0) is 14.3 Å². The van der Waals surface area contributed by atoms with E-state index in [2.05, 4.69) is 21.2 Å². The molecule has 1 aliphatic heterocycles. The summed E-state index contributed by atoms with van der Waals surface area (Å²) in [6, 6.07) is 4.97. The summed E-state index contributed by atoms with van der Waals surface area (Å²) >= 11 is 3.34. The van der Waals surface area contributed by atoms with Gasteiger partial charge in [0.05, 0.1) is 4.47 Å². The first-order valence-electron chi connectivity index (χ1n) is 7.06. The maximum Gasteiger partial charge on any atom is 0.344 e. The number of amides is 3. The zero-order valence-electron chi connectivity index (χ0n) is 12.8. The van der Waals surface area contributed by atoms with Crippen molar-refractivity contribution in [3.05, 3.63) is 28.2 Å². The molecule has 2 rings (SSSR count). The number of nitrogens with one attached hydrogen (secondary N) is 1. The first kappa shape index (κ1) is 17.3. The fraction of sp³-hybridized carbons (Fsp3) is 0.400. The standard InChI is InChI=1S/C15H17BrN2O5/c1-9-3-4-12(11(16)7-9)22-8-13(19)23-10(2)14(20)18-6-5-17-15(18)21/h3-4,7,10H,5-6,8H2,1-2H3,(H,17,21)/t10-/m0/s1. The number of rotatable bonds is 5. The zero-order chi connectivity index (χ0) is 17.0. The Balaban J connectivity index is 1.84. The van der Waals surface area contributed by atoms with Crippen molar-refractivity contribution in [1.82, 2.24) is 10.2 Å². The lowest BCUT2D eigenvalue weighted by Gasteiger charge is -2.18. The molecule has 3 amide bonds. The van der Waals surface area contributed by atoms with Crippen LogP contribution in [0.15, 0.2) is 22.7 Å². The van der Waals surface area contributed by atoms with Crippen molar-refractivity contribution in [3.8, 4) is 5.75 Å². The Morgan fingerprint density at radius 3 is 2.78 bits per heavy atom. The second kappa shape index (κ2) is 7.45. The molecule has 0 unspecified atom stereocenters. The maximum absolute atomic E-state index is 12.0. The molecule has 0 radical (unpaired) electrons. The third-order valence-corrected chi connectivity index (χ3v) is 3.83. The summed E-state index contributed by atoms with van der Waals surface area (Å²) in [7, 11) is 0. The highest BCUT2D eigenvalue weighted by Crippen LogP contribution is 2.25. The number of benzene rings is 1. The van der Waals surface area contributed by atoms with Gasteiger partial charge in [-0.05, 0) is 47.5 Å². The minimum Gasteiger partial charge on any atom is -0.481 e. The van der Waals surface area contributed by atoms with E-state index < -0.39 is 24.0 Å². The van der Waals surface area contributed by atoms with Crippen LogP contribution in [0.4, 0.5) is 4.79 Å². The molecule has 0 spiro atoms. The quantitative estimate of drug-likeness (QED) is 0.779. The normalized spacial score (nSPS) is 15.1. The predicted octanol–water partition coefficient (Wildman–Crippen LogP) is 1.62. The Hall–Kier alpha value is -2.09. The summed E-state index contributed by atoms with van der Waals surface area (Å²) in [5, 5.41) is 2.51. The number of carbonyl (C=O) groups is 3. The van der Waals surface area contributed by atoms with E-state index in [-0.39, 0.29) is 13.2 Å². The molecule has 124 valence electrons. The molecule has 1 N–H and O–H groups in total. The van der Waals surface area contributed by atoms with Gasteiger partial charge < -0.3 is 14.8 Å². The van der Waals surface area contributed by atoms with Gasteiger partial charge in [0.1, 0.15) is 5.75 Å². The predicted molar refractivity (Wildman–Crippen MR) is 85.0 cm³/mol. The number of hydrogen-bond donors (Lipinski definition) is 1. The number of esters is 1. The second-order valence-corrected chi connectivity index (χ2v) is 5.93. The largest absolute Gasteiger partial charge is 0.481 e. The van der Waals surface area contributed by atoms with Crippen LogP contribution >= 0.6 is 15.9 Å². The number of aryl methyl sites for hydroxylation is 1. The summed E-state index contributed by atoms with van der Waals surface area (Å²) in [5.41, 5.74) is 1.05. The van der Waals surface area contributed by atoms with Gasteiger partial charge in [0.25, 0.3) is 5.91 Å². The number of urea groups is 1. The van der Waals surface area contributed by atoms with E-state index in [1.54, 1.807) is 6.07 Å². The van der Waals surface area contributed by atoms with Crippen molar-refractivity contribution in [2.24, 2.45) is 0 Å². The van der Waals surface area contributed by atoms with E-state index in [0.29, 0.717) is 12.3 Å². The minimum absolute atomic E-state index is 0.270. The molecule has 1 aromatic carbocycles. The van der Waals surface area contributed by atoms with Gasteiger partial charge in [-0.15, -0.1) is 0 Å². The summed E-state index contributed by atoms with van der Waals surface area (Å²) in [6.45, 7) is 3.70. The summed E-state index contributed by atoms with van der Waals surface area (Å²) in [6.07, 6.45) is -1.04. The molecule has 1 atom stereocenters. The van der Waals surface area contributed by atoms with Crippen LogP contribution in [0.5, 0.6) is 5.75 Å². The van der Waals surface area contributed by atoms with E-state index in [1.165, 1.54) is 6.92 Å². The van der Waals surface area contributed by atoms with Crippen LogP contribution in [0, 0.1) is 6.92 Å². The summed E-state index contributed by atoms with van der Waals surface area (Å²) in [5.74, 6) is -0.728. The van der Waals surface area contributed by atoms with Gasteiger partial charge in [-0.25, -0.2) is 9.59 Å². The third kappa shape index (κ3) is 4.44. The fourth-order valence-electron chi connectivity index (χ4n) is 2.04. The van der Waals surface area contributed by atoms with Crippen molar-refractivity contribution in [1.29, 1.82) is 0 Å². The van der Waals surface area contributed by atoms with E-state index in [1.807, 2.05) is 19.1 Å². The summed E-state index contributed by atoms with van der Waals surface area (Å²) in [4.78, 5) is 36.2. The number of hydrogen-bond acceptors (Lipinski definition) is 5. The number of nitrogens with zero attached hydrogens (tertiary/aromatic N) is 1. The molecule has 0 saturated carbocycles. The SMILES string of the molecule is Cc1ccc(OCC(=O)O[C@@H](C)C(=O)N2CCNC2=O)c(Br)c1. The Kier molecular flexibility index (Phi) is 5.59. The average molecular weight is 385 g/mol. The third-order valence-electron chi connectivity index (χ3n) is 3.21. The van der Waals surface area contributed by atoms with Crippen LogP contribution < -0.4 is 10.1 Å². The molecule has 1 heterocycles. The first-order chi connectivity index (χ1) is 10.9. The van der Waals surface area contributed by atoms with Gasteiger partial charge in [-0.2, -0.15) is 0 Å². The van der Waals surface area contributed by atoms with E-state index in [0.717, 1.165) is 14.9 Å². The molecule has 1 fully saturated rings. The highest BCUT2D eigenvalue weighted by molar-refractivity contribution is 9.10. The number of ether oxygens (including phenoxy) is 2. The summed E-state index contributed by atoms with van der Waals surface area (Å²) < 4.78 is 11.1. The lowest BCUT2D eigenvalue weighted by atomic mass is 10.2. The molecule has 7 nitrogen and oxygen atoms in total. The molecule has 0 aromatic heterocycles. The van der Waals surface area contributed by atoms with Crippen molar-refractivity contribution < 1.29 is 23.9 Å². The highest BCUT2D eigenvalue weighted by Gasteiger charge is 2.31. The Morgan fingerprint density at radius 2 is 2.17 bits per heavy atom. The molecule has 1 aromatic rings. The topological polar surface area (TPSA) is 84.9 Å². The Morgan fingerprint density at radius 1 is 1.43 bits per heavy atom. The van der Waals surface area contributed by atoms with Crippen molar-refractivity contribution >= 4 is 33.8 Å². The van der Waals surface area contributed by atoms with Crippen molar-refractivity contribution in [2.75, 3.05) is 19.7 Å². The van der Waals surface area contributed by atoms with Gasteiger partial charge in [0.2, 0.25) is 0 Å². The van der Waals surface area contributed by atoms with E-state index in [9.17, 15) is 14.4 Å². The molecule has 0 bridgehead atoms. The van der Waals surface area contributed by atoms with Crippen molar-refractivity contribution in [3.63, 3.8) is 0 Å². The van der Waals surface area contributed by atoms with E-state index >= 15 is 0 Å². The second-order valence-electron chi connectivity index (χ2n) is 5.08. The molecule has 8 heteroatoms.